The summed E-state index contributed by atoms with van der Waals surface area (Å²) in [4.78, 5) is 1.33. The quantitative estimate of drug-likeness (QED) is 0.634. The van der Waals surface area contributed by atoms with E-state index in [4.69, 9.17) is 9.47 Å². The Morgan fingerprint density at radius 3 is 2.70 bits per heavy atom. The Morgan fingerprint density at radius 2 is 2.09 bits per heavy atom. The third kappa shape index (κ3) is 5.37. The van der Waals surface area contributed by atoms with Gasteiger partial charge in [-0.15, -0.1) is 18.3 Å². The first-order chi connectivity index (χ1) is 11.0. The van der Waals surface area contributed by atoms with Crippen molar-refractivity contribution in [3.8, 4) is 0 Å². The largest absolute Gasteiger partial charge is 0.381 e. The van der Waals surface area contributed by atoms with Gasteiger partial charge >= 0.3 is 0 Å². The van der Waals surface area contributed by atoms with Gasteiger partial charge in [0.2, 0.25) is 0 Å². The van der Waals surface area contributed by atoms with Crippen LogP contribution >= 0.6 is 11.8 Å². The van der Waals surface area contributed by atoms with Crippen LogP contribution in [0.25, 0.3) is 0 Å². The predicted octanol–water partition coefficient (Wildman–Crippen LogP) is 5.25. The molecule has 1 saturated heterocycles. The Labute approximate surface area is 145 Å². The second kappa shape index (κ2) is 8.91. The molecule has 1 aromatic carbocycles. The van der Waals surface area contributed by atoms with E-state index in [2.05, 4.69) is 51.6 Å². The number of thioether (sulfide) groups is 1. The van der Waals surface area contributed by atoms with Gasteiger partial charge in [0.1, 0.15) is 0 Å². The predicted molar refractivity (Wildman–Crippen MR) is 99.2 cm³/mol. The Morgan fingerprint density at radius 1 is 1.39 bits per heavy atom. The van der Waals surface area contributed by atoms with Gasteiger partial charge in [0.25, 0.3) is 0 Å². The fourth-order valence-electron chi connectivity index (χ4n) is 3.22. The summed E-state index contributed by atoms with van der Waals surface area (Å²) in [5, 5.41) is 0.490. The fourth-order valence-corrected chi connectivity index (χ4v) is 4.61. The molecule has 128 valence electrons. The van der Waals surface area contributed by atoms with E-state index in [9.17, 15) is 0 Å². The Balaban J connectivity index is 2.07. The monoisotopic (exact) mass is 334 g/mol. The molecule has 4 atom stereocenters. The third-order valence-electron chi connectivity index (χ3n) is 4.58. The van der Waals surface area contributed by atoms with Crippen molar-refractivity contribution in [3.05, 3.63) is 42.0 Å². The minimum absolute atomic E-state index is 0.178. The first-order valence-corrected chi connectivity index (χ1v) is 9.41. The summed E-state index contributed by atoms with van der Waals surface area (Å²) in [7, 11) is 1.80. The van der Waals surface area contributed by atoms with E-state index in [1.807, 2.05) is 11.8 Å². The Bertz CT molecular complexity index is 497. The van der Waals surface area contributed by atoms with Crippen molar-refractivity contribution in [3.63, 3.8) is 0 Å². The normalized spacial score (nSPS) is 24.2. The van der Waals surface area contributed by atoms with Gasteiger partial charge in [-0.25, -0.2) is 0 Å². The fraction of sp³-hybridized carbons (Fsp3) is 0.600. The van der Waals surface area contributed by atoms with Crippen LogP contribution < -0.4 is 0 Å². The van der Waals surface area contributed by atoms with Crippen molar-refractivity contribution in [2.45, 2.75) is 62.4 Å². The molecule has 0 spiro atoms. The first-order valence-electron chi connectivity index (χ1n) is 8.53. The highest BCUT2D eigenvalue weighted by molar-refractivity contribution is 8.00. The van der Waals surface area contributed by atoms with Crippen LogP contribution in [0, 0.1) is 12.8 Å². The highest BCUT2D eigenvalue weighted by Gasteiger charge is 2.35. The summed E-state index contributed by atoms with van der Waals surface area (Å²) in [5.41, 5.74) is 2.47. The van der Waals surface area contributed by atoms with E-state index >= 15 is 0 Å². The summed E-state index contributed by atoms with van der Waals surface area (Å²) in [6.45, 7) is 11.4. The molecule has 1 aliphatic rings. The summed E-state index contributed by atoms with van der Waals surface area (Å²) in [5.74, 6) is 0.361. The Kier molecular flexibility index (Phi) is 7.19. The van der Waals surface area contributed by atoms with Crippen LogP contribution in [0.2, 0.25) is 0 Å². The topological polar surface area (TPSA) is 18.5 Å². The molecule has 2 nitrogen and oxygen atoms in total. The minimum atomic E-state index is 0.178. The smallest absolute Gasteiger partial charge is 0.0747 e. The molecular weight excluding hydrogens is 304 g/mol. The van der Waals surface area contributed by atoms with E-state index in [1.165, 1.54) is 22.5 Å². The van der Waals surface area contributed by atoms with E-state index in [1.54, 1.807) is 7.11 Å². The van der Waals surface area contributed by atoms with Crippen LogP contribution in [0.15, 0.2) is 41.3 Å². The number of ether oxygens (including phenoxy) is 2. The lowest BCUT2D eigenvalue weighted by Gasteiger charge is -2.38. The van der Waals surface area contributed by atoms with Gasteiger partial charge in [0.05, 0.1) is 12.2 Å². The van der Waals surface area contributed by atoms with Crippen LogP contribution in [0.5, 0.6) is 0 Å². The molecule has 0 unspecified atom stereocenters. The molecule has 1 fully saturated rings. The summed E-state index contributed by atoms with van der Waals surface area (Å²) < 4.78 is 11.9. The third-order valence-corrected chi connectivity index (χ3v) is 5.93. The van der Waals surface area contributed by atoms with Gasteiger partial charge in [-0.1, -0.05) is 30.2 Å². The molecule has 1 heterocycles. The van der Waals surface area contributed by atoms with Crippen molar-refractivity contribution < 1.29 is 9.47 Å². The lowest BCUT2D eigenvalue weighted by molar-refractivity contribution is -0.0608. The maximum absolute atomic E-state index is 6.18. The Hall–Kier alpha value is -0.770. The van der Waals surface area contributed by atoms with Crippen LogP contribution in [0.3, 0.4) is 0 Å². The zero-order valence-electron chi connectivity index (χ0n) is 14.9. The zero-order valence-corrected chi connectivity index (χ0v) is 15.7. The molecule has 0 N–H and O–H groups in total. The number of rotatable bonds is 7. The van der Waals surface area contributed by atoms with Gasteiger partial charge < -0.3 is 9.47 Å². The molecular formula is C20H30O2S. The standard InChI is InChI=1S/C20H30O2S/c1-14(2)13-18(21-5)16(4)20-19(7-6-12-22-20)23-17-10-8-15(3)9-11-17/h8-11,16,18-20H,1,6-7,12-13H2,2-5H3/t16-,18-,19+,20-/m0/s1. The van der Waals surface area contributed by atoms with Crippen molar-refractivity contribution in [1.29, 1.82) is 0 Å². The number of methoxy groups -OCH3 is 1. The van der Waals surface area contributed by atoms with Gasteiger partial charge in [-0.05, 0) is 45.2 Å². The van der Waals surface area contributed by atoms with Crippen molar-refractivity contribution in [2.75, 3.05) is 13.7 Å². The van der Waals surface area contributed by atoms with Gasteiger partial charge in [-0.3, -0.25) is 0 Å². The lowest BCUT2D eigenvalue weighted by atomic mass is 9.89. The van der Waals surface area contributed by atoms with Crippen LogP contribution in [0.1, 0.15) is 38.7 Å². The van der Waals surface area contributed by atoms with Crippen molar-refractivity contribution >= 4 is 11.8 Å². The number of aryl methyl sites for hydroxylation is 1. The molecule has 23 heavy (non-hydrogen) atoms. The molecule has 0 aromatic heterocycles. The van der Waals surface area contributed by atoms with Gasteiger partial charge in [0, 0.05) is 29.8 Å². The van der Waals surface area contributed by atoms with Crippen molar-refractivity contribution in [1.82, 2.24) is 0 Å². The average Bonchev–Trinajstić information content (AvgIpc) is 2.54. The molecule has 2 rings (SSSR count). The van der Waals surface area contributed by atoms with Gasteiger partial charge in [0.15, 0.2) is 0 Å². The highest BCUT2D eigenvalue weighted by Crippen LogP contribution is 2.37. The van der Waals surface area contributed by atoms with Crippen LogP contribution in [-0.2, 0) is 9.47 Å². The molecule has 0 aliphatic carbocycles. The van der Waals surface area contributed by atoms with E-state index in [0.717, 1.165) is 19.4 Å². The second-order valence-electron chi connectivity index (χ2n) is 6.74. The lowest BCUT2D eigenvalue weighted by Crippen LogP contribution is -2.42. The van der Waals surface area contributed by atoms with Crippen LogP contribution in [0.4, 0.5) is 0 Å². The molecule has 1 aliphatic heterocycles. The molecule has 3 heteroatoms. The van der Waals surface area contributed by atoms with Gasteiger partial charge in [-0.2, -0.15) is 0 Å². The second-order valence-corrected chi connectivity index (χ2v) is 8.05. The molecule has 1 aromatic rings. The van der Waals surface area contributed by atoms with Crippen molar-refractivity contribution in [2.24, 2.45) is 5.92 Å². The molecule has 0 bridgehead atoms. The first kappa shape index (κ1) is 18.6. The average molecular weight is 335 g/mol. The summed E-state index contributed by atoms with van der Waals surface area (Å²) in [6, 6.07) is 8.81. The minimum Gasteiger partial charge on any atom is -0.381 e. The SMILES string of the molecule is C=C(C)C[C@H](OC)[C@H](C)[C@@H]1OCCC[C@H]1Sc1ccc(C)cc1. The van der Waals surface area contributed by atoms with E-state index < -0.39 is 0 Å². The summed E-state index contributed by atoms with van der Waals surface area (Å²) in [6.07, 6.45) is 3.66. The van der Waals surface area contributed by atoms with Crippen LogP contribution in [-0.4, -0.2) is 31.2 Å². The maximum Gasteiger partial charge on any atom is 0.0747 e. The zero-order chi connectivity index (χ0) is 16.8. The number of hydrogen-bond acceptors (Lipinski definition) is 3. The summed E-state index contributed by atoms with van der Waals surface area (Å²) >= 11 is 1.95. The molecule has 0 amide bonds. The van der Waals surface area contributed by atoms with E-state index in [-0.39, 0.29) is 12.2 Å². The van der Waals surface area contributed by atoms with E-state index in [0.29, 0.717) is 11.2 Å². The maximum atomic E-state index is 6.18. The molecule has 0 radical (unpaired) electrons. The highest BCUT2D eigenvalue weighted by atomic mass is 32.2. The number of benzene rings is 1. The number of hydrogen-bond donors (Lipinski definition) is 0. The molecule has 0 saturated carbocycles.